The van der Waals surface area contributed by atoms with E-state index < -0.39 is 0 Å². The molecule has 0 bridgehead atoms. The molecule has 0 saturated carbocycles. The van der Waals surface area contributed by atoms with Gasteiger partial charge in [-0.2, -0.15) is 4.98 Å². The third-order valence-electron chi connectivity index (χ3n) is 1.63. The van der Waals surface area contributed by atoms with Gasteiger partial charge in [-0.25, -0.2) is 0 Å². The lowest BCUT2D eigenvalue weighted by Gasteiger charge is -1.92. The molecular formula is C8H8ClN3O2. The van der Waals surface area contributed by atoms with E-state index in [4.69, 9.17) is 26.3 Å². The van der Waals surface area contributed by atoms with Crippen molar-refractivity contribution < 1.29 is 8.94 Å². The van der Waals surface area contributed by atoms with Gasteiger partial charge in [0.05, 0.1) is 6.04 Å². The third kappa shape index (κ3) is 1.64. The van der Waals surface area contributed by atoms with E-state index >= 15 is 0 Å². The highest BCUT2D eigenvalue weighted by atomic mass is 35.5. The Morgan fingerprint density at radius 1 is 1.50 bits per heavy atom. The number of hydrogen-bond donors (Lipinski definition) is 1. The molecular weight excluding hydrogens is 206 g/mol. The van der Waals surface area contributed by atoms with E-state index in [2.05, 4.69) is 10.1 Å². The van der Waals surface area contributed by atoms with Gasteiger partial charge in [0.1, 0.15) is 0 Å². The summed E-state index contributed by atoms with van der Waals surface area (Å²) in [5, 5.41) is 3.97. The van der Waals surface area contributed by atoms with E-state index in [-0.39, 0.29) is 17.2 Å². The first kappa shape index (κ1) is 9.23. The Kier molecular flexibility index (Phi) is 2.26. The zero-order valence-corrected chi connectivity index (χ0v) is 8.15. The fourth-order valence-corrected chi connectivity index (χ4v) is 1.10. The van der Waals surface area contributed by atoms with Crippen molar-refractivity contribution in [3.05, 3.63) is 23.2 Å². The summed E-state index contributed by atoms with van der Waals surface area (Å²) in [6.45, 7) is 1.77. The first-order chi connectivity index (χ1) is 6.66. The molecule has 0 aliphatic heterocycles. The van der Waals surface area contributed by atoms with Gasteiger partial charge in [0.15, 0.2) is 16.8 Å². The molecule has 0 fully saturated rings. The minimum Gasteiger partial charge on any atom is -0.440 e. The SMILES string of the molecule is CC(N)c1noc(-c2ccc(Cl)o2)n1. The molecule has 0 aliphatic carbocycles. The predicted octanol–water partition coefficient (Wildman–Crippen LogP) is 2.00. The Balaban J connectivity index is 2.33. The summed E-state index contributed by atoms with van der Waals surface area (Å²) in [5.74, 6) is 1.16. The Bertz CT molecular complexity index is 435. The molecule has 2 aromatic heterocycles. The van der Waals surface area contributed by atoms with Crippen LogP contribution in [0.1, 0.15) is 18.8 Å². The molecule has 2 N–H and O–H groups in total. The lowest BCUT2D eigenvalue weighted by Crippen LogP contribution is -2.06. The van der Waals surface area contributed by atoms with Gasteiger partial charge >= 0.3 is 0 Å². The van der Waals surface area contributed by atoms with Crippen LogP contribution in [0.2, 0.25) is 5.22 Å². The molecule has 74 valence electrons. The monoisotopic (exact) mass is 213 g/mol. The lowest BCUT2D eigenvalue weighted by atomic mass is 10.3. The van der Waals surface area contributed by atoms with Crippen LogP contribution in [0, 0.1) is 0 Å². The van der Waals surface area contributed by atoms with E-state index in [1.54, 1.807) is 19.1 Å². The van der Waals surface area contributed by atoms with Crippen LogP contribution in [0.15, 0.2) is 21.1 Å². The Labute approximate surface area is 84.8 Å². The normalized spacial score (nSPS) is 13.1. The van der Waals surface area contributed by atoms with E-state index in [0.717, 1.165) is 0 Å². The first-order valence-electron chi connectivity index (χ1n) is 4.01. The standard InChI is InChI=1S/C8H8ClN3O2/c1-4(10)7-11-8(14-12-7)5-2-3-6(9)13-5/h2-4H,10H2,1H3. The van der Waals surface area contributed by atoms with Crippen LogP contribution in [0.3, 0.4) is 0 Å². The van der Waals surface area contributed by atoms with Crippen LogP contribution >= 0.6 is 11.6 Å². The second-order valence-electron chi connectivity index (χ2n) is 2.85. The molecule has 0 radical (unpaired) electrons. The molecule has 0 saturated heterocycles. The van der Waals surface area contributed by atoms with Crippen molar-refractivity contribution in [3.63, 3.8) is 0 Å². The molecule has 2 aromatic rings. The second kappa shape index (κ2) is 3.43. The van der Waals surface area contributed by atoms with Crippen molar-refractivity contribution in [1.29, 1.82) is 0 Å². The molecule has 0 aliphatic rings. The summed E-state index contributed by atoms with van der Waals surface area (Å²) < 4.78 is 10.0. The van der Waals surface area contributed by atoms with Gasteiger partial charge in [-0.3, -0.25) is 0 Å². The molecule has 1 atom stereocenters. The predicted molar refractivity (Wildman–Crippen MR) is 49.6 cm³/mol. The van der Waals surface area contributed by atoms with Gasteiger partial charge in [-0.1, -0.05) is 5.16 Å². The number of halogens is 1. The molecule has 6 heteroatoms. The van der Waals surface area contributed by atoms with Crippen LogP contribution in [0.4, 0.5) is 0 Å². The lowest BCUT2D eigenvalue weighted by molar-refractivity contribution is 0.405. The number of nitrogens with two attached hydrogens (primary N) is 1. The van der Waals surface area contributed by atoms with E-state index in [0.29, 0.717) is 11.6 Å². The van der Waals surface area contributed by atoms with Gasteiger partial charge in [-0.15, -0.1) is 0 Å². The van der Waals surface area contributed by atoms with Crippen LogP contribution in [0.5, 0.6) is 0 Å². The van der Waals surface area contributed by atoms with Gasteiger partial charge < -0.3 is 14.7 Å². The number of furan rings is 1. The first-order valence-corrected chi connectivity index (χ1v) is 4.39. The molecule has 14 heavy (non-hydrogen) atoms. The number of nitrogens with zero attached hydrogens (tertiary/aromatic N) is 2. The molecule has 0 amide bonds. The molecule has 0 spiro atoms. The minimum atomic E-state index is -0.266. The second-order valence-corrected chi connectivity index (χ2v) is 3.22. The highest BCUT2D eigenvalue weighted by Crippen LogP contribution is 2.23. The summed E-state index contributed by atoms with van der Waals surface area (Å²) in [4.78, 5) is 4.04. The van der Waals surface area contributed by atoms with Gasteiger partial charge in [0.2, 0.25) is 0 Å². The van der Waals surface area contributed by atoms with Crippen LogP contribution in [-0.2, 0) is 0 Å². The van der Waals surface area contributed by atoms with Crippen molar-refractivity contribution in [1.82, 2.24) is 10.1 Å². The summed E-state index contributed by atoms with van der Waals surface area (Å²) in [5.41, 5.74) is 5.57. The molecule has 1 unspecified atom stereocenters. The summed E-state index contributed by atoms with van der Waals surface area (Å²) in [6.07, 6.45) is 0. The van der Waals surface area contributed by atoms with E-state index in [1.165, 1.54) is 0 Å². The van der Waals surface area contributed by atoms with Crippen LogP contribution in [0.25, 0.3) is 11.7 Å². The summed E-state index contributed by atoms with van der Waals surface area (Å²) >= 11 is 5.60. The maximum absolute atomic E-state index is 5.60. The van der Waals surface area contributed by atoms with Gasteiger partial charge in [0, 0.05) is 0 Å². The van der Waals surface area contributed by atoms with Crippen LogP contribution < -0.4 is 5.73 Å². The maximum Gasteiger partial charge on any atom is 0.293 e. The Morgan fingerprint density at radius 2 is 2.29 bits per heavy atom. The topological polar surface area (TPSA) is 78.1 Å². The molecule has 2 rings (SSSR count). The third-order valence-corrected chi connectivity index (χ3v) is 1.84. The van der Waals surface area contributed by atoms with Gasteiger partial charge in [-0.05, 0) is 30.7 Å². The Hall–Kier alpha value is -1.33. The van der Waals surface area contributed by atoms with E-state index in [1.807, 2.05) is 0 Å². The molecule has 0 aromatic carbocycles. The highest BCUT2D eigenvalue weighted by Gasteiger charge is 2.14. The number of rotatable bonds is 2. The Morgan fingerprint density at radius 3 is 2.79 bits per heavy atom. The van der Waals surface area contributed by atoms with Crippen LogP contribution in [-0.4, -0.2) is 10.1 Å². The largest absolute Gasteiger partial charge is 0.440 e. The number of hydrogen-bond acceptors (Lipinski definition) is 5. The van der Waals surface area contributed by atoms with Crippen molar-refractivity contribution in [3.8, 4) is 11.7 Å². The fourth-order valence-electron chi connectivity index (χ4n) is 0.949. The van der Waals surface area contributed by atoms with Crippen molar-refractivity contribution >= 4 is 11.6 Å². The smallest absolute Gasteiger partial charge is 0.293 e. The summed E-state index contributed by atoms with van der Waals surface area (Å²) in [7, 11) is 0. The average molecular weight is 214 g/mol. The summed E-state index contributed by atoms with van der Waals surface area (Å²) in [6, 6.07) is 2.99. The van der Waals surface area contributed by atoms with Gasteiger partial charge in [0.25, 0.3) is 5.89 Å². The highest BCUT2D eigenvalue weighted by molar-refractivity contribution is 6.28. The van der Waals surface area contributed by atoms with Crippen molar-refractivity contribution in [2.24, 2.45) is 5.73 Å². The average Bonchev–Trinajstić information content (AvgIpc) is 2.70. The molecule has 2 heterocycles. The molecule has 5 nitrogen and oxygen atoms in total. The van der Waals surface area contributed by atoms with E-state index in [9.17, 15) is 0 Å². The quantitative estimate of drug-likeness (QED) is 0.826. The zero-order valence-electron chi connectivity index (χ0n) is 7.40. The maximum atomic E-state index is 5.60. The van der Waals surface area contributed by atoms with Crippen molar-refractivity contribution in [2.45, 2.75) is 13.0 Å². The fraction of sp³-hybridized carbons (Fsp3) is 0.250. The number of aromatic nitrogens is 2. The minimum absolute atomic E-state index is 0.266. The van der Waals surface area contributed by atoms with Crippen molar-refractivity contribution in [2.75, 3.05) is 0 Å². The zero-order chi connectivity index (χ0) is 10.1.